The highest BCUT2D eigenvalue weighted by atomic mass is 16.2. The molecule has 0 fully saturated rings. The lowest BCUT2D eigenvalue weighted by molar-refractivity contribution is -0.116. The Bertz CT molecular complexity index is 1240. The molecule has 0 bridgehead atoms. The Labute approximate surface area is 193 Å². The monoisotopic (exact) mass is 440 g/mol. The summed E-state index contributed by atoms with van der Waals surface area (Å²) in [5, 5.41) is 8.49. The molecule has 0 radical (unpaired) electrons. The number of nitrogens with zero attached hydrogens (tertiary/aromatic N) is 3. The number of likely N-dealkylation sites (N-methyl/N-ethyl adjacent to an activating group) is 1. The number of hydrogen-bond acceptors (Lipinski definition) is 4. The fraction of sp³-hybridized carbons (Fsp3) is 0.222. The molecule has 4 aromatic rings. The van der Waals surface area contributed by atoms with Gasteiger partial charge in [0.25, 0.3) is 0 Å². The standard InChI is InChI=1S/C27H28N4O2/c1-30(2)16-17-31-19-23-12-13-24(18-25(23)29-31)28-27(33)15-14-26(32)22-10-8-21(9-11-22)20-6-4-3-5-7-20/h3-13,18-19H,14-17H2,1-2H3,(H,28,33). The van der Waals surface area contributed by atoms with Crippen LogP contribution in [-0.2, 0) is 11.3 Å². The Balaban J connectivity index is 1.31. The van der Waals surface area contributed by atoms with Crippen molar-refractivity contribution in [3.05, 3.63) is 84.6 Å². The second-order valence-corrected chi connectivity index (χ2v) is 8.38. The van der Waals surface area contributed by atoms with Crippen molar-refractivity contribution in [1.29, 1.82) is 0 Å². The molecule has 1 aromatic heterocycles. The molecule has 0 saturated heterocycles. The van der Waals surface area contributed by atoms with Gasteiger partial charge < -0.3 is 10.2 Å². The maximum absolute atomic E-state index is 12.5. The van der Waals surface area contributed by atoms with E-state index in [0.29, 0.717) is 11.3 Å². The zero-order valence-electron chi connectivity index (χ0n) is 19.0. The Hall–Kier alpha value is -3.77. The molecular formula is C27H28N4O2. The topological polar surface area (TPSA) is 67.2 Å². The fourth-order valence-electron chi connectivity index (χ4n) is 3.64. The number of nitrogens with one attached hydrogen (secondary N) is 1. The van der Waals surface area contributed by atoms with Crippen molar-refractivity contribution in [2.75, 3.05) is 26.0 Å². The van der Waals surface area contributed by atoms with Crippen LogP contribution in [0.25, 0.3) is 22.0 Å². The van der Waals surface area contributed by atoms with Crippen molar-refractivity contribution in [1.82, 2.24) is 14.7 Å². The van der Waals surface area contributed by atoms with Crippen molar-refractivity contribution in [2.45, 2.75) is 19.4 Å². The predicted octanol–water partition coefficient (Wildman–Crippen LogP) is 4.87. The predicted molar refractivity (Wildman–Crippen MR) is 132 cm³/mol. The molecule has 0 saturated carbocycles. The quantitative estimate of drug-likeness (QED) is 0.377. The lowest BCUT2D eigenvalue weighted by Crippen LogP contribution is -2.18. The van der Waals surface area contributed by atoms with Crippen molar-refractivity contribution < 1.29 is 9.59 Å². The van der Waals surface area contributed by atoms with Crippen LogP contribution < -0.4 is 5.32 Å². The number of ketones is 1. The van der Waals surface area contributed by atoms with Gasteiger partial charge in [0.05, 0.1) is 12.1 Å². The third-order valence-corrected chi connectivity index (χ3v) is 5.51. The Kier molecular flexibility index (Phi) is 6.95. The molecule has 1 amide bonds. The van der Waals surface area contributed by atoms with E-state index < -0.39 is 0 Å². The zero-order valence-corrected chi connectivity index (χ0v) is 19.0. The molecule has 6 nitrogen and oxygen atoms in total. The van der Waals surface area contributed by atoms with Crippen molar-refractivity contribution >= 4 is 28.3 Å². The molecule has 0 atom stereocenters. The Morgan fingerprint density at radius 1 is 0.909 bits per heavy atom. The second-order valence-electron chi connectivity index (χ2n) is 8.38. The maximum Gasteiger partial charge on any atom is 0.224 e. The number of hydrogen-bond donors (Lipinski definition) is 1. The molecule has 33 heavy (non-hydrogen) atoms. The van der Waals surface area contributed by atoms with Crippen LogP contribution in [0.2, 0.25) is 0 Å². The number of fused-ring (bicyclic) bond motifs is 1. The molecule has 3 aromatic carbocycles. The van der Waals surface area contributed by atoms with Gasteiger partial charge in [-0.25, -0.2) is 0 Å². The highest BCUT2D eigenvalue weighted by Gasteiger charge is 2.11. The van der Waals surface area contributed by atoms with E-state index in [9.17, 15) is 9.59 Å². The number of carbonyl (C=O) groups is 2. The van der Waals surface area contributed by atoms with Crippen LogP contribution in [0.1, 0.15) is 23.2 Å². The minimum absolute atomic E-state index is 0.0418. The van der Waals surface area contributed by atoms with Crippen LogP contribution in [0, 0.1) is 0 Å². The third-order valence-electron chi connectivity index (χ3n) is 5.51. The third kappa shape index (κ3) is 5.93. The Morgan fingerprint density at radius 2 is 1.64 bits per heavy atom. The average Bonchev–Trinajstić information content (AvgIpc) is 3.24. The number of benzene rings is 3. The van der Waals surface area contributed by atoms with Gasteiger partial charge in [-0.05, 0) is 43.4 Å². The van der Waals surface area contributed by atoms with Gasteiger partial charge in [-0.15, -0.1) is 0 Å². The fourth-order valence-corrected chi connectivity index (χ4v) is 3.64. The first-order valence-corrected chi connectivity index (χ1v) is 11.1. The number of rotatable bonds is 9. The highest BCUT2D eigenvalue weighted by Crippen LogP contribution is 2.21. The van der Waals surface area contributed by atoms with Gasteiger partial charge in [-0.3, -0.25) is 14.3 Å². The SMILES string of the molecule is CN(C)CCn1cc2ccc(NC(=O)CCC(=O)c3ccc(-c4ccccc4)cc3)cc2n1. The summed E-state index contributed by atoms with van der Waals surface area (Å²) in [5.41, 5.74) is 4.30. The molecule has 0 aliphatic rings. The molecule has 0 unspecified atom stereocenters. The molecular weight excluding hydrogens is 412 g/mol. The first kappa shape index (κ1) is 22.4. The van der Waals surface area contributed by atoms with E-state index in [1.807, 2.05) is 97.8 Å². The van der Waals surface area contributed by atoms with Gasteiger partial charge in [0.2, 0.25) is 5.91 Å². The highest BCUT2D eigenvalue weighted by molar-refractivity contribution is 6.00. The number of Topliss-reactive ketones (excluding diaryl/α,β-unsaturated/α-hetero) is 1. The molecule has 6 heteroatoms. The lowest BCUT2D eigenvalue weighted by atomic mass is 10.0. The average molecular weight is 441 g/mol. The number of anilines is 1. The van der Waals surface area contributed by atoms with Gasteiger partial charge in [-0.1, -0.05) is 54.6 Å². The molecule has 1 heterocycles. The zero-order chi connectivity index (χ0) is 23.2. The summed E-state index contributed by atoms with van der Waals surface area (Å²) in [6.45, 7) is 1.71. The summed E-state index contributed by atoms with van der Waals surface area (Å²) in [6.07, 6.45) is 2.30. The van der Waals surface area contributed by atoms with Crippen LogP contribution in [0.15, 0.2) is 79.0 Å². The van der Waals surface area contributed by atoms with Crippen LogP contribution in [-0.4, -0.2) is 47.0 Å². The normalized spacial score (nSPS) is 11.1. The van der Waals surface area contributed by atoms with Crippen LogP contribution in [0.5, 0.6) is 0 Å². The summed E-state index contributed by atoms with van der Waals surface area (Å²) in [6, 6.07) is 23.2. The molecule has 1 N–H and O–H groups in total. The second kappa shape index (κ2) is 10.2. The summed E-state index contributed by atoms with van der Waals surface area (Å²) in [4.78, 5) is 27.1. The van der Waals surface area contributed by atoms with Crippen molar-refractivity contribution in [2.24, 2.45) is 0 Å². The molecule has 0 aliphatic heterocycles. The van der Waals surface area contributed by atoms with E-state index in [1.54, 1.807) is 0 Å². The molecule has 0 spiro atoms. The van der Waals surface area contributed by atoms with Crippen LogP contribution in [0.4, 0.5) is 5.69 Å². The van der Waals surface area contributed by atoms with Crippen LogP contribution >= 0.6 is 0 Å². The van der Waals surface area contributed by atoms with E-state index in [2.05, 4.69) is 15.3 Å². The first-order chi connectivity index (χ1) is 16.0. The molecule has 168 valence electrons. The Morgan fingerprint density at radius 3 is 2.36 bits per heavy atom. The summed E-state index contributed by atoms with van der Waals surface area (Å²) in [7, 11) is 4.06. The minimum atomic E-state index is -0.185. The largest absolute Gasteiger partial charge is 0.326 e. The van der Waals surface area contributed by atoms with Gasteiger partial charge >= 0.3 is 0 Å². The van der Waals surface area contributed by atoms with E-state index in [1.165, 1.54) is 0 Å². The lowest BCUT2D eigenvalue weighted by Gasteiger charge is -2.08. The van der Waals surface area contributed by atoms with Crippen molar-refractivity contribution in [3.8, 4) is 11.1 Å². The van der Waals surface area contributed by atoms with Gasteiger partial charge in [0.1, 0.15) is 0 Å². The first-order valence-electron chi connectivity index (χ1n) is 11.1. The molecule has 4 rings (SSSR count). The van der Waals surface area contributed by atoms with E-state index in [0.717, 1.165) is 35.1 Å². The van der Waals surface area contributed by atoms with Crippen molar-refractivity contribution in [3.63, 3.8) is 0 Å². The maximum atomic E-state index is 12.5. The molecule has 0 aliphatic carbocycles. The summed E-state index contributed by atoms with van der Waals surface area (Å²) >= 11 is 0. The summed E-state index contributed by atoms with van der Waals surface area (Å²) < 4.78 is 1.91. The smallest absolute Gasteiger partial charge is 0.224 e. The van der Waals surface area contributed by atoms with Crippen LogP contribution in [0.3, 0.4) is 0 Å². The van der Waals surface area contributed by atoms with Gasteiger partial charge in [-0.2, -0.15) is 5.10 Å². The minimum Gasteiger partial charge on any atom is -0.326 e. The number of aromatic nitrogens is 2. The van der Waals surface area contributed by atoms with E-state index in [-0.39, 0.29) is 24.5 Å². The van der Waals surface area contributed by atoms with E-state index >= 15 is 0 Å². The number of amides is 1. The van der Waals surface area contributed by atoms with Gasteiger partial charge in [0, 0.05) is 42.2 Å². The van der Waals surface area contributed by atoms with Gasteiger partial charge in [0.15, 0.2) is 5.78 Å². The van der Waals surface area contributed by atoms with E-state index in [4.69, 9.17) is 0 Å². The number of carbonyl (C=O) groups excluding carboxylic acids is 2. The summed E-state index contributed by atoms with van der Waals surface area (Å²) in [5.74, 6) is -0.226.